The van der Waals surface area contributed by atoms with Crippen molar-refractivity contribution in [1.29, 1.82) is 0 Å². The maximum atomic E-state index is 12.4. The molecule has 0 saturated heterocycles. The van der Waals surface area contributed by atoms with Crippen molar-refractivity contribution in [2.24, 2.45) is 0 Å². The molecule has 0 radical (unpaired) electrons. The first-order valence-electron chi connectivity index (χ1n) is 14.3. The number of carbonyl (C=O) groups excluding carboxylic acids is 2. The van der Waals surface area contributed by atoms with Crippen LogP contribution in [0.5, 0.6) is 11.5 Å². The molecule has 5 aromatic rings. The van der Waals surface area contributed by atoms with Crippen molar-refractivity contribution in [3.63, 3.8) is 0 Å². The average Bonchev–Trinajstić information content (AvgIpc) is 3.56. The average molecular weight is 586 g/mol. The highest BCUT2D eigenvalue weighted by Gasteiger charge is 2.34. The van der Waals surface area contributed by atoms with Crippen molar-refractivity contribution >= 4 is 40.1 Å². The van der Waals surface area contributed by atoms with Crippen LogP contribution in [0, 0.1) is 0 Å². The molecule has 0 spiro atoms. The fourth-order valence-electron chi connectivity index (χ4n) is 5.00. The number of H-pyrrole nitrogens is 1. The minimum absolute atomic E-state index is 0.248. The van der Waals surface area contributed by atoms with E-state index in [1.807, 2.05) is 98.1 Å². The van der Waals surface area contributed by atoms with Gasteiger partial charge in [0.25, 0.3) is 11.8 Å². The van der Waals surface area contributed by atoms with Gasteiger partial charge in [0.1, 0.15) is 24.7 Å². The molecule has 1 aliphatic rings. The quantitative estimate of drug-likeness (QED) is 0.175. The Hall–Kier alpha value is -5.56. The number of imide groups is 1. The molecule has 0 bridgehead atoms. The highest BCUT2D eigenvalue weighted by molar-refractivity contribution is 6.36. The van der Waals surface area contributed by atoms with Crippen molar-refractivity contribution in [3.8, 4) is 11.5 Å². The molecule has 0 saturated carbocycles. The van der Waals surface area contributed by atoms with E-state index in [2.05, 4.69) is 29.0 Å². The largest absolute Gasteiger partial charge is 0.489 e. The lowest BCUT2D eigenvalue weighted by Gasteiger charge is -2.10. The second kappa shape index (κ2) is 13.6. The first kappa shape index (κ1) is 29.9. The highest BCUT2D eigenvalue weighted by Crippen LogP contribution is 2.34. The number of nitrogens with one attached hydrogen (secondary N) is 2. The van der Waals surface area contributed by atoms with E-state index in [1.54, 1.807) is 13.1 Å². The molecule has 0 aliphatic carbocycles. The van der Waals surface area contributed by atoms with Crippen molar-refractivity contribution in [3.05, 3.63) is 138 Å². The normalized spacial score (nSPS) is 12.7. The minimum atomic E-state index is -0.266. The molecule has 0 atom stereocenters. The van der Waals surface area contributed by atoms with E-state index >= 15 is 0 Å². The number of benzene rings is 4. The van der Waals surface area contributed by atoms with Gasteiger partial charge >= 0.3 is 0 Å². The summed E-state index contributed by atoms with van der Waals surface area (Å²) in [5, 5.41) is 4.03. The fraction of sp³-hybridized carbons (Fsp3) is 0.135. The third-order valence-electron chi connectivity index (χ3n) is 7.45. The molecule has 2 heterocycles. The molecule has 44 heavy (non-hydrogen) atoms. The van der Waals surface area contributed by atoms with E-state index in [4.69, 9.17) is 9.47 Å². The Morgan fingerprint density at radius 2 is 1.41 bits per heavy atom. The lowest BCUT2D eigenvalue weighted by atomic mass is 10.0. The van der Waals surface area contributed by atoms with Crippen LogP contribution in [0.1, 0.15) is 29.2 Å². The van der Waals surface area contributed by atoms with E-state index in [0.29, 0.717) is 24.4 Å². The third kappa shape index (κ3) is 6.57. The van der Waals surface area contributed by atoms with Gasteiger partial charge in [-0.05, 0) is 47.9 Å². The smallest absolute Gasteiger partial charge is 0.261 e. The zero-order valence-electron chi connectivity index (χ0n) is 25.1. The van der Waals surface area contributed by atoms with E-state index < -0.39 is 0 Å². The van der Waals surface area contributed by atoms with Crippen LogP contribution in [-0.4, -0.2) is 35.8 Å². The van der Waals surface area contributed by atoms with Gasteiger partial charge in [0, 0.05) is 60.2 Å². The number of nitrogens with zero attached hydrogens (tertiary/aromatic N) is 1. The molecule has 2 amide bonds. The molecule has 7 nitrogen and oxygen atoms in total. The number of fused-ring (bicyclic) bond motifs is 1. The van der Waals surface area contributed by atoms with Crippen LogP contribution in [-0.2, 0) is 22.8 Å². The molecule has 1 aromatic heterocycles. The van der Waals surface area contributed by atoms with Gasteiger partial charge in [0.05, 0.1) is 5.57 Å². The zero-order valence-corrected chi connectivity index (χ0v) is 25.1. The first-order valence-corrected chi connectivity index (χ1v) is 14.3. The Bertz CT molecular complexity index is 1820. The number of hydrogen-bond donors (Lipinski definition) is 2. The van der Waals surface area contributed by atoms with Crippen LogP contribution in [0.2, 0.25) is 0 Å². The van der Waals surface area contributed by atoms with Gasteiger partial charge < -0.3 is 19.8 Å². The number of amides is 2. The van der Waals surface area contributed by atoms with Crippen LogP contribution in [0.25, 0.3) is 22.6 Å². The maximum absolute atomic E-state index is 12.4. The lowest BCUT2D eigenvalue weighted by molar-refractivity contribution is -0.135. The van der Waals surface area contributed by atoms with E-state index in [1.165, 1.54) is 7.05 Å². The van der Waals surface area contributed by atoms with Gasteiger partial charge in [-0.1, -0.05) is 73.3 Å². The van der Waals surface area contributed by atoms with E-state index in [-0.39, 0.29) is 11.8 Å². The molecule has 0 fully saturated rings. The second-order valence-corrected chi connectivity index (χ2v) is 10.3. The Morgan fingerprint density at radius 3 is 1.95 bits per heavy atom. The monoisotopic (exact) mass is 585 g/mol. The van der Waals surface area contributed by atoms with Crippen molar-refractivity contribution < 1.29 is 19.1 Å². The predicted molar refractivity (Wildman–Crippen MR) is 176 cm³/mol. The summed E-state index contributed by atoms with van der Waals surface area (Å²) in [5.41, 5.74) is 6.90. The van der Waals surface area contributed by atoms with Gasteiger partial charge in [-0.3, -0.25) is 14.5 Å². The number of likely N-dealkylation sites (N-methyl/N-ethyl adjacent to an activating group) is 1. The van der Waals surface area contributed by atoms with Crippen molar-refractivity contribution in [2.45, 2.75) is 20.1 Å². The topological polar surface area (TPSA) is 83.7 Å². The summed E-state index contributed by atoms with van der Waals surface area (Å²) in [6.07, 6.45) is 3.60. The van der Waals surface area contributed by atoms with Crippen LogP contribution in [0.3, 0.4) is 0 Å². The fourth-order valence-corrected chi connectivity index (χ4v) is 5.00. The molecule has 7 heteroatoms. The second-order valence-electron chi connectivity index (χ2n) is 10.3. The molecule has 6 rings (SSSR count). The minimum Gasteiger partial charge on any atom is -0.489 e. The number of carbonyl (C=O) groups is 2. The molecule has 1 aliphatic heterocycles. The van der Waals surface area contributed by atoms with Gasteiger partial charge in [-0.25, -0.2) is 0 Å². The number of anilines is 1. The van der Waals surface area contributed by atoms with Gasteiger partial charge in [0.2, 0.25) is 0 Å². The number of hydrogen-bond acceptors (Lipinski definition) is 5. The van der Waals surface area contributed by atoms with Crippen LogP contribution >= 0.6 is 0 Å². The van der Waals surface area contributed by atoms with Crippen LogP contribution in [0.15, 0.2) is 115 Å². The molecule has 4 aromatic carbocycles. The van der Waals surface area contributed by atoms with E-state index in [0.717, 1.165) is 55.2 Å². The maximum Gasteiger partial charge on any atom is 0.261 e. The number of aromatic amines is 1. The molecule has 2 N–H and O–H groups in total. The van der Waals surface area contributed by atoms with Gasteiger partial charge in [-0.2, -0.15) is 0 Å². The molecular weight excluding hydrogens is 550 g/mol. The van der Waals surface area contributed by atoms with Gasteiger partial charge in [0.15, 0.2) is 0 Å². The summed E-state index contributed by atoms with van der Waals surface area (Å²) < 4.78 is 11.6. The summed E-state index contributed by atoms with van der Waals surface area (Å²) in [6, 6.07) is 31.7. The van der Waals surface area contributed by atoms with E-state index in [9.17, 15) is 9.59 Å². The lowest BCUT2D eigenvalue weighted by Crippen LogP contribution is -2.26. The Balaban J connectivity index is 0.000000187. The first-order chi connectivity index (χ1) is 21.4. The number of rotatable bonds is 9. The standard InChI is InChI=1S/C21H18N2O3.C16H17NO/c1-13-19(21(25)23(2)20(13)24)17-11-22-18-10-15(8-9-16(17)18)26-12-14-6-4-3-5-7-14;1-3-14-9-10-15(11-16(14)17-2)18-12-13-7-5-4-6-8-13/h3-11,22H,12H2,1-2H3;3-11,17H,1,12H2,2H3. The third-order valence-corrected chi connectivity index (χ3v) is 7.45. The summed E-state index contributed by atoms with van der Waals surface area (Å²) in [6.45, 7) is 6.54. The van der Waals surface area contributed by atoms with Crippen LogP contribution in [0.4, 0.5) is 5.69 Å². The highest BCUT2D eigenvalue weighted by atomic mass is 16.5. The van der Waals surface area contributed by atoms with Crippen molar-refractivity contribution in [1.82, 2.24) is 9.88 Å². The summed E-state index contributed by atoms with van der Waals surface area (Å²) in [7, 11) is 3.40. The van der Waals surface area contributed by atoms with Crippen molar-refractivity contribution in [2.75, 3.05) is 19.4 Å². The number of ether oxygens (including phenoxy) is 2. The predicted octanol–water partition coefficient (Wildman–Crippen LogP) is 7.47. The summed E-state index contributed by atoms with van der Waals surface area (Å²) in [5.74, 6) is 1.08. The van der Waals surface area contributed by atoms with Gasteiger partial charge in [-0.15, -0.1) is 0 Å². The number of aromatic nitrogens is 1. The van der Waals surface area contributed by atoms with Crippen LogP contribution < -0.4 is 14.8 Å². The molecular formula is C37H35N3O4. The summed E-state index contributed by atoms with van der Waals surface area (Å²) in [4.78, 5) is 28.8. The summed E-state index contributed by atoms with van der Waals surface area (Å²) >= 11 is 0. The Labute approximate surface area is 257 Å². The Morgan fingerprint density at radius 1 is 0.818 bits per heavy atom. The zero-order chi connectivity index (χ0) is 31.1. The molecule has 0 unspecified atom stereocenters. The Kier molecular flexibility index (Phi) is 9.25. The molecule has 222 valence electrons. The SMILES string of the molecule is C=Cc1ccc(OCc2ccccc2)cc1NC.CC1=C(c2c[nH]c3cc(OCc4ccccc4)ccc23)C(=O)N(C)C1=O.